The van der Waals surface area contributed by atoms with Gasteiger partial charge in [-0.25, -0.2) is 0 Å². The van der Waals surface area contributed by atoms with Crippen molar-refractivity contribution in [3.63, 3.8) is 0 Å². The first-order valence-electron chi connectivity index (χ1n) is 5.11. The maximum absolute atomic E-state index is 5.20. The molecule has 0 spiro atoms. The van der Waals surface area contributed by atoms with Gasteiger partial charge >= 0.3 is 0 Å². The first-order chi connectivity index (χ1) is 7.74. The van der Waals surface area contributed by atoms with E-state index in [9.17, 15) is 0 Å². The van der Waals surface area contributed by atoms with E-state index in [1.165, 1.54) is 0 Å². The van der Waals surface area contributed by atoms with Crippen LogP contribution in [0.15, 0.2) is 30.3 Å². The SMILES string of the molecule is CNc1cc(-c2cccc(OC)c2)n(C)n1. The van der Waals surface area contributed by atoms with E-state index in [2.05, 4.69) is 10.4 Å². The van der Waals surface area contributed by atoms with Crippen LogP contribution < -0.4 is 10.1 Å². The first-order valence-corrected chi connectivity index (χ1v) is 5.11. The molecule has 2 aromatic rings. The smallest absolute Gasteiger partial charge is 0.148 e. The van der Waals surface area contributed by atoms with Crippen LogP contribution in [0.3, 0.4) is 0 Å². The average molecular weight is 217 g/mol. The van der Waals surface area contributed by atoms with Crippen LogP contribution in [0.5, 0.6) is 5.75 Å². The molecule has 0 fully saturated rings. The zero-order valence-electron chi connectivity index (χ0n) is 9.69. The van der Waals surface area contributed by atoms with E-state index in [-0.39, 0.29) is 0 Å². The highest BCUT2D eigenvalue weighted by atomic mass is 16.5. The van der Waals surface area contributed by atoms with Gasteiger partial charge in [0.1, 0.15) is 11.6 Å². The van der Waals surface area contributed by atoms with Crippen molar-refractivity contribution < 1.29 is 4.74 Å². The molecule has 16 heavy (non-hydrogen) atoms. The highest BCUT2D eigenvalue weighted by molar-refractivity contribution is 5.64. The van der Waals surface area contributed by atoms with E-state index in [0.717, 1.165) is 22.8 Å². The van der Waals surface area contributed by atoms with Gasteiger partial charge in [-0.05, 0) is 12.1 Å². The molecule has 0 atom stereocenters. The molecule has 0 aliphatic heterocycles. The predicted molar refractivity (Wildman–Crippen MR) is 64.7 cm³/mol. The number of methoxy groups -OCH3 is 1. The molecule has 4 nitrogen and oxygen atoms in total. The van der Waals surface area contributed by atoms with Crippen LogP contribution in [0.25, 0.3) is 11.3 Å². The number of hydrogen-bond donors (Lipinski definition) is 1. The van der Waals surface area contributed by atoms with Crippen molar-refractivity contribution in [1.29, 1.82) is 0 Å². The van der Waals surface area contributed by atoms with Crippen LogP contribution in [0.2, 0.25) is 0 Å². The Morgan fingerprint density at radius 3 is 2.75 bits per heavy atom. The monoisotopic (exact) mass is 217 g/mol. The Morgan fingerprint density at radius 2 is 2.12 bits per heavy atom. The first kappa shape index (κ1) is 10.5. The number of nitrogens with one attached hydrogen (secondary N) is 1. The van der Waals surface area contributed by atoms with Crippen LogP contribution in [0.1, 0.15) is 0 Å². The molecule has 0 unspecified atom stereocenters. The number of nitrogens with zero attached hydrogens (tertiary/aromatic N) is 2. The summed E-state index contributed by atoms with van der Waals surface area (Å²) in [6.45, 7) is 0. The van der Waals surface area contributed by atoms with Crippen molar-refractivity contribution in [2.75, 3.05) is 19.5 Å². The Bertz CT molecular complexity index is 491. The normalized spacial score (nSPS) is 10.2. The molecular weight excluding hydrogens is 202 g/mol. The van der Waals surface area contributed by atoms with Crippen molar-refractivity contribution in [2.24, 2.45) is 7.05 Å². The zero-order chi connectivity index (χ0) is 11.5. The van der Waals surface area contributed by atoms with Crippen molar-refractivity contribution in [3.05, 3.63) is 30.3 Å². The van der Waals surface area contributed by atoms with Crippen LogP contribution in [-0.4, -0.2) is 23.9 Å². The molecule has 1 aromatic heterocycles. The number of hydrogen-bond acceptors (Lipinski definition) is 3. The maximum Gasteiger partial charge on any atom is 0.148 e. The second-order valence-electron chi connectivity index (χ2n) is 3.52. The number of aryl methyl sites for hydroxylation is 1. The van der Waals surface area contributed by atoms with Crippen molar-refractivity contribution in [1.82, 2.24) is 9.78 Å². The molecule has 0 saturated carbocycles. The lowest BCUT2D eigenvalue weighted by Gasteiger charge is -2.04. The van der Waals surface area contributed by atoms with Gasteiger partial charge in [0.15, 0.2) is 0 Å². The molecule has 0 aliphatic rings. The van der Waals surface area contributed by atoms with Gasteiger partial charge in [-0.1, -0.05) is 12.1 Å². The molecule has 4 heteroatoms. The average Bonchev–Trinajstić information content (AvgIpc) is 2.71. The number of anilines is 1. The fraction of sp³-hybridized carbons (Fsp3) is 0.250. The summed E-state index contributed by atoms with van der Waals surface area (Å²) in [5.41, 5.74) is 2.15. The topological polar surface area (TPSA) is 39.1 Å². The third-order valence-electron chi connectivity index (χ3n) is 2.50. The Hall–Kier alpha value is -1.97. The Balaban J connectivity index is 2.45. The Labute approximate surface area is 94.9 Å². The van der Waals surface area contributed by atoms with Crippen molar-refractivity contribution in [2.45, 2.75) is 0 Å². The summed E-state index contributed by atoms with van der Waals surface area (Å²) in [5, 5.41) is 7.35. The van der Waals surface area contributed by atoms with Crippen LogP contribution in [0.4, 0.5) is 5.82 Å². The molecule has 0 amide bonds. The van der Waals surface area contributed by atoms with E-state index in [0.29, 0.717) is 0 Å². The summed E-state index contributed by atoms with van der Waals surface area (Å²) < 4.78 is 7.05. The fourth-order valence-electron chi connectivity index (χ4n) is 1.64. The van der Waals surface area contributed by atoms with Crippen molar-refractivity contribution >= 4 is 5.82 Å². The Kier molecular flexibility index (Phi) is 2.81. The number of ether oxygens (including phenoxy) is 1. The highest BCUT2D eigenvalue weighted by Gasteiger charge is 2.06. The summed E-state index contributed by atoms with van der Waals surface area (Å²) in [5.74, 6) is 1.71. The second kappa shape index (κ2) is 4.26. The largest absolute Gasteiger partial charge is 0.497 e. The number of benzene rings is 1. The summed E-state index contributed by atoms with van der Waals surface area (Å²) in [7, 11) is 5.45. The van der Waals surface area contributed by atoms with Gasteiger partial charge in [-0.15, -0.1) is 0 Å². The molecule has 1 aromatic carbocycles. The molecular formula is C12H15N3O. The molecule has 84 valence electrons. The predicted octanol–water partition coefficient (Wildman–Crippen LogP) is 2.14. The molecule has 1 N–H and O–H groups in total. The van der Waals surface area contributed by atoms with Gasteiger partial charge in [0.25, 0.3) is 0 Å². The van der Waals surface area contributed by atoms with E-state index in [4.69, 9.17) is 4.74 Å². The Morgan fingerprint density at radius 1 is 1.31 bits per heavy atom. The molecule has 0 aliphatic carbocycles. The highest BCUT2D eigenvalue weighted by Crippen LogP contribution is 2.25. The number of rotatable bonds is 3. The third-order valence-corrected chi connectivity index (χ3v) is 2.50. The van der Waals surface area contributed by atoms with Gasteiger partial charge in [-0.3, -0.25) is 4.68 Å². The minimum absolute atomic E-state index is 0.852. The summed E-state index contributed by atoms with van der Waals surface area (Å²) in [6.07, 6.45) is 0. The van der Waals surface area contributed by atoms with E-state index < -0.39 is 0 Å². The van der Waals surface area contributed by atoms with Gasteiger partial charge in [0, 0.05) is 25.7 Å². The second-order valence-corrected chi connectivity index (χ2v) is 3.52. The third kappa shape index (κ3) is 1.86. The summed E-state index contributed by atoms with van der Waals surface area (Å²) in [6, 6.07) is 9.95. The lowest BCUT2D eigenvalue weighted by Crippen LogP contribution is -1.95. The zero-order valence-corrected chi connectivity index (χ0v) is 9.69. The fourth-order valence-corrected chi connectivity index (χ4v) is 1.64. The standard InChI is InChI=1S/C12H15N3O/c1-13-12-8-11(15(2)14-12)9-5-4-6-10(7-9)16-3/h4-8H,1-3H3,(H,13,14). The lowest BCUT2D eigenvalue weighted by molar-refractivity contribution is 0.415. The summed E-state index contributed by atoms with van der Waals surface area (Å²) >= 11 is 0. The van der Waals surface area contributed by atoms with Gasteiger partial charge in [0.2, 0.25) is 0 Å². The van der Waals surface area contributed by atoms with E-state index >= 15 is 0 Å². The minimum atomic E-state index is 0.852. The van der Waals surface area contributed by atoms with E-state index in [1.54, 1.807) is 7.11 Å². The molecule has 2 rings (SSSR count). The molecule has 0 bridgehead atoms. The van der Waals surface area contributed by atoms with Crippen molar-refractivity contribution in [3.8, 4) is 17.0 Å². The maximum atomic E-state index is 5.20. The van der Waals surface area contributed by atoms with Crippen LogP contribution in [0, 0.1) is 0 Å². The van der Waals surface area contributed by atoms with Gasteiger partial charge in [-0.2, -0.15) is 5.10 Å². The summed E-state index contributed by atoms with van der Waals surface area (Å²) in [4.78, 5) is 0. The van der Waals surface area contributed by atoms with Crippen LogP contribution >= 0.6 is 0 Å². The van der Waals surface area contributed by atoms with Crippen LogP contribution in [-0.2, 0) is 7.05 Å². The molecule has 0 radical (unpaired) electrons. The lowest BCUT2D eigenvalue weighted by atomic mass is 10.1. The van der Waals surface area contributed by atoms with Gasteiger partial charge < -0.3 is 10.1 Å². The molecule has 1 heterocycles. The van der Waals surface area contributed by atoms with E-state index in [1.807, 2.05) is 49.1 Å². The quantitative estimate of drug-likeness (QED) is 0.856. The number of aromatic nitrogens is 2. The molecule has 0 saturated heterocycles. The van der Waals surface area contributed by atoms with Gasteiger partial charge in [0.05, 0.1) is 12.8 Å². The minimum Gasteiger partial charge on any atom is -0.497 e.